The third kappa shape index (κ3) is 3.69. The Morgan fingerprint density at radius 2 is 2.07 bits per heavy atom. The van der Waals surface area contributed by atoms with E-state index in [0.717, 1.165) is 41.7 Å². The Morgan fingerprint density at radius 1 is 1.17 bits per heavy atom. The Bertz CT molecular complexity index is 1140. The van der Waals surface area contributed by atoms with Crippen LogP contribution in [-0.4, -0.2) is 49.4 Å². The van der Waals surface area contributed by atoms with E-state index < -0.39 is 0 Å². The molecule has 0 radical (unpaired) electrons. The smallest absolute Gasteiger partial charge is 0.166 e. The lowest BCUT2D eigenvalue weighted by atomic mass is 10.1. The van der Waals surface area contributed by atoms with Crippen molar-refractivity contribution in [1.82, 2.24) is 24.5 Å². The number of aromatic nitrogens is 5. The zero-order chi connectivity index (χ0) is 20.3. The molecule has 0 saturated carbocycles. The van der Waals surface area contributed by atoms with Crippen LogP contribution in [0.2, 0.25) is 0 Å². The van der Waals surface area contributed by atoms with Gasteiger partial charge < -0.3 is 19.7 Å². The summed E-state index contributed by atoms with van der Waals surface area (Å²) in [5.74, 6) is 1.59. The number of fused-ring (bicyclic) bond motifs is 1. The summed E-state index contributed by atoms with van der Waals surface area (Å²) in [7, 11) is 0. The summed E-state index contributed by atoms with van der Waals surface area (Å²) in [5, 5.41) is 12.9. The van der Waals surface area contributed by atoms with Crippen molar-refractivity contribution >= 4 is 17.0 Å². The maximum atomic E-state index is 9.45. The highest BCUT2D eigenvalue weighted by atomic mass is 16.5. The van der Waals surface area contributed by atoms with Gasteiger partial charge in [0.05, 0.1) is 19.0 Å². The van der Waals surface area contributed by atoms with Gasteiger partial charge in [-0.15, -0.1) is 0 Å². The fraction of sp³-hybridized carbons (Fsp3) is 0.273. The number of imidazole rings is 1. The van der Waals surface area contributed by atoms with E-state index in [9.17, 15) is 5.11 Å². The van der Waals surface area contributed by atoms with Crippen LogP contribution in [0.15, 0.2) is 55.1 Å². The summed E-state index contributed by atoms with van der Waals surface area (Å²) in [6, 6.07) is 11.3. The first-order chi connectivity index (χ1) is 14.8. The van der Waals surface area contributed by atoms with Crippen molar-refractivity contribution in [3.8, 4) is 17.1 Å². The number of anilines is 1. The molecule has 1 atom stereocenters. The van der Waals surface area contributed by atoms with Crippen LogP contribution < -0.4 is 5.32 Å². The van der Waals surface area contributed by atoms with E-state index in [1.54, 1.807) is 24.5 Å². The van der Waals surface area contributed by atoms with Crippen molar-refractivity contribution in [2.24, 2.45) is 0 Å². The standard InChI is InChI=1S/C22H22N6O2/c29-18-5-3-15(4-6-18)7-10-24-21-19-22(28(14-25-19)17-8-11-30-13-17)27-20(26-21)16-2-1-9-23-12-16/h1-6,9,12,14,17,29H,7-8,10-11,13H2,(H,24,26,27)/t17-/m0/s1. The molecule has 0 aliphatic carbocycles. The molecular weight excluding hydrogens is 380 g/mol. The molecule has 1 aromatic carbocycles. The lowest BCUT2D eigenvalue weighted by Crippen LogP contribution is -2.11. The summed E-state index contributed by atoms with van der Waals surface area (Å²) in [6.07, 6.45) is 7.07. The molecule has 0 spiro atoms. The normalized spacial score (nSPS) is 16.2. The molecule has 8 heteroatoms. The van der Waals surface area contributed by atoms with Crippen molar-refractivity contribution in [3.05, 3.63) is 60.7 Å². The number of aromatic hydroxyl groups is 1. The van der Waals surface area contributed by atoms with Gasteiger partial charge in [0, 0.05) is 31.1 Å². The molecule has 4 heterocycles. The van der Waals surface area contributed by atoms with Gasteiger partial charge in [0.1, 0.15) is 11.3 Å². The summed E-state index contributed by atoms with van der Waals surface area (Å²) in [6.45, 7) is 2.10. The van der Waals surface area contributed by atoms with E-state index >= 15 is 0 Å². The van der Waals surface area contributed by atoms with Crippen molar-refractivity contribution in [2.45, 2.75) is 18.9 Å². The summed E-state index contributed by atoms with van der Waals surface area (Å²) >= 11 is 0. The first kappa shape index (κ1) is 18.5. The minimum atomic E-state index is 0.233. The number of hydrogen-bond acceptors (Lipinski definition) is 7. The molecule has 1 aliphatic rings. The second-order valence-corrected chi connectivity index (χ2v) is 7.32. The van der Waals surface area contributed by atoms with Crippen LogP contribution >= 0.6 is 0 Å². The largest absolute Gasteiger partial charge is 0.508 e. The Morgan fingerprint density at radius 3 is 2.83 bits per heavy atom. The monoisotopic (exact) mass is 402 g/mol. The van der Waals surface area contributed by atoms with Gasteiger partial charge in [0.25, 0.3) is 0 Å². The lowest BCUT2D eigenvalue weighted by molar-refractivity contribution is 0.187. The molecule has 0 unspecified atom stereocenters. The molecule has 2 N–H and O–H groups in total. The van der Waals surface area contributed by atoms with Crippen LogP contribution in [0.25, 0.3) is 22.6 Å². The Kier molecular flexibility index (Phi) is 4.98. The molecule has 0 bridgehead atoms. The predicted molar refractivity (Wildman–Crippen MR) is 113 cm³/mol. The number of ether oxygens (including phenoxy) is 1. The summed E-state index contributed by atoms with van der Waals surface area (Å²) in [5.41, 5.74) is 3.54. The molecule has 1 aliphatic heterocycles. The van der Waals surface area contributed by atoms with Gasteiger partial charge in [-0.05, 0) is 42.7 Å². The molecule has 30 heavy (non-hydrogen) atoms. The molecule has 0 amide bonds. The minimum Gasteiger partial charge on any atom is -0.508 e. The van der Waals surface area contributed by atoms with Gasteiger partial charge in [-0.2, -0.15) is 0 Å². The summed E-state index contributed by atoms with van der Waals surface area (Å²) < 4.78 is 7.65. The molecule has 1 saturated heterocycles. The Labute approximate surface area is 173 Å². The fourth-order valence-corrected chi connectivity index (χ4v) is 3.66. The van der Waals surface area contributed by atoms with E-state index in [0.29, 0.717) is 24.8 Å². The third-order valence-corrected chi connectivity index (χ3v) is 5.28. The fourth-order valence-electron chi connectivity index (χ4n) is 3.66. The first-order valence-electron chi connectivity index (χ1n) is 10.0. The maximum absolute atomic E-state index is 9.45. The number of hydrogen-bond donors (Lipinski definition) is 2. The Balaban J connectivity index is 1.48. The number of rotatable bonds is 6. The topological polar surface area (TPSA) is 98.0 Å². The molecule has 152 valence electrons. The van der Waals surface area contributed by atoms with E-state index in [1.165, 1.54) is 0 Å². The number of pyridine rings is 1. The van der Waals surface area contributed by atoms with Gasteiger partial charge >= 0.3 is 0 Å². The van der Waals surface area contributed by atoms with Crippen molar-refractivity contribution in [3.63, 3.8) is 0 Å². The molecule has 5 rings (SSSR count). The number of nitrogens with zero attached hydrogens (tertiary/aromatic N) is 5. The molecule has 1 fully saturated rings. The van der Waals surface area contributed by atoms with Crippen LogP contribution in [0.5, 0.6) is 5.75 Å². The quantitative estimate of drug-likeness (QED) is 0.511. The van der Waals surface area contributed by atoms with Crippen molar-refractivity contribution < 1.29 is 9.84 Å². The van der Waals surface area contributed by atoms with E-state index in [1.807, 2.05) is 30.6 Å². The second kappa shape index (κ2) is 8.08. The Hall–Kier alpha value is -3.52. The van der Waals surface area contributed by atoms with Gasteiger partial charge in [-0.25, -0.2) is 15.0 Å². The van der Waals surface area contributed by atoms with E-state index in [4.69, 9.17) is 14.7 Å². The van der Waals surface area contributed by atoms with Gasteiger partial charge in [0.2, 0.25) is 0 Å². The predicted octanol–water partition coefficient (Wildman–Crippen LogP) is 3.21. The SMILES string of the molecule is Oc1ccc(CCNc2nc(-c3cccnc3)nc3c2ncn3[C@H]2CCOC2)cc1. The van der Waals surface area contributed by atoms with Crippen LogP contribution in [0, 0.1) is 0 Å². The van der Waals surface area contributed by atoms with Crippen LogP contribution in [0.4, 0.5) is 5.82 Å². The third-order valence-electron chi connectivity index (χ3n) is 5.28. The zero-order valence-electron chi connectivity index (χ0n) is 16.4. The van der Waals surface area contributed by atoms with Crippen LogP contribution in [-0.2, 0) is 11.2 Å². The van der Waals surface area contributed by atoms with E-state index in [2.05, 4.69) is 19.9 Å². The molecular formula is C22H22N6O2. The molecule has 8 nitrogen and oxygen atoms in total. The summed E-state index contributed by atoms with van der Waals surface area (Å²) in [4.78, 5) is 18.4. The van der Waals surface area contributed by atoms with Crippen LogP contribution in [0.1, 0.15) is 18.0 Å². The van der Waals surface area contributed by atoms with Gasteiger partial charge in [-0.3, -0.25) is 4.98 Å². The number of phenolic OH excluding ortho intramolecular Hbond substituents is 1. The molecule has 3 aromatic heterocycles. The highest BCUT2D eigenvalue weighted by molar-refractivity contribution is 5.85. The lowest BCUT2D eigenvalue weighted by Gasteiger charge is -2.12. The highest BCUT2D eigenvalue weighted by Crippen LogP contribution is 2.28. The van der Waals surface area contributed by atoms with Gasteiger partial charge in [-0.1, -0.05) is 12.1 Å². The average molecular weight is 402 g/mol. The van der Waals surface area contributed by atoms with E-state index in [-0.39, 0.29) is 11.8 Å². The average Bonchev–Trinajstić information content (AvgIpc) is 3.45. The van der Waals surface area contributed by atoms with Crippen molar-refractivity contribution in [2.75, 3.05) is 25.1 Å². The van der Waals surface area contributed by atoms with Gasteiger partial charge in [0.15, 0.2) is 17.3 Å². The first-order valence-corrected chi connectivity index (χ1v) is 10.0. The number of benzene rings is 1. The zero-order valence-corrected chi connectivity index (χ0v) is 16.4. The van der Waals surface area contributed by atoms with Crippen LogP contribution in [0.3, 0.4) is 0 Å². The molecule has 4 aromatic rings. The second-order valence-electron chi connectivity index (χ2n) is 7.32. The highest BCUT2D eigenvalue weighted by Gasteiger charge is 2.22. The number of phenols is 1. The minimum absolute atomic E-state index is 0.233. The van der Waals surface area contributed by atoms with Crippen molar-refractivity contribution in [1.29, 1.82) is 0 Å². The number of nitrogens with one attached hydrogen (secondary N) is 1. The maximum Gasteiger partial charge on any atom is 0.166 e.